The van der Waals surface area contributed by atoms with Crippen molar-refractivity contribution in [1.82, 2.24) is 0 Å². The van der Waals surface area contributed by atoms with Gasteiger partial charge in [0.25, 0.3) is 0 Å². The maximum atomic E-state index is 5.93. The molecule has 0 radical (unpaired) electrons. The van der Waals surface area contributed by atoms with E-state index in [9.17, 15) is 0 Å². The molecule has 1 nitrogen and oxygen atoms in total. The van der Waals surface area contributed by atoms with Crippen LogP contribution >= 0.6 is 24.4 Å². The van der Waals surface area contributed by atoms with Crippen LogP contribution in [0.4, 0.5) is 0 Å². The highest BCUT2D eigenvalue weighted by atomic mass is 32.2. The third-order valence-corrected chi connectivity index (χ3v) is 3.69. The molecule has 0 aromatic rings. The van der Waals surface area contributed by atoms with Gasteiger partial charge in [-0.2, -0.15) is 24.4 Å². The Kier molecular flexibility index (Phi) is 7.47. The summed E-state index contributed by atoms with van der Waals surface area (Å²) in [6.45, 7) is 13.9. The summed E-state index contributed by atoms with van der Waals surface area (Å²) in [6.07, 6.45) is 2.11. The first-order valence-corrected chi connectivity index (χ1v) is 7.60. The molecule has 0 amide bonds. The fourth-order valence-corrected chi connectivity index (χ4v) is 2.36. The van der Waals surface area contributed by atoms with Crippen LogP contribution in [0.15, 0.2) is 0 Å². The number of ether oxygens (including phenoxy) is 1. The maximum Gasteiger partial charge on any atom is 0.0634 e. The van der Waals surface area contributed by atoms with Gasteiger partial charge < -0.3 is 4.74 Å². The molecule has 98 valence electrons. The SMILES string of the molecule is CC(C)SCCC(C)(C)OCCC(C)(C)S. The van der Waals surface area contributed by atoms with Gasteiger partial charge >= 0.3 is 0 Å². The van der Waals surface area contributed by atoms with E-state index in [1.165, 1.54) is 5.75 Å². The highest BCUT2D eigenvalue weighted by molar-refractivity contribution is 7.99. The predicted molar refractivity (Wildman–Crippen MR) is 79.9 cm³/mol. The van der Waals surface area contributed by atoms with Crippen LogP contribution in [0.3, 0.4) is 0 Å². The van der Waals surface area contributed by atoms with Gasteiger partial charge in [-0.15, -0.1) is 0 Å². The molecule has 0 saturated heterocycles. The second-order valence-electron chi connectivity index (χ2n) is 5.84. The first kappa shape index (κ1) is 16.7. The zero-order chi connectivity index (χ0) is 12.8. The first-order chi connectivity index (χ1) is 7.12. The topological polar surface area (TPSA) is 9.23 Å². The average molecular weight is 264 g/mol. The quantitative estimate of drug-likeness (QED) is 0.650. The number of thiol groups is 1. The van der Waals surface area contributed by atoms with Crippen molar-refractivity contribution < 1.29 is 4.74 Å². The Morgan fingerprint density at radius 2 is 1.69 bits per heavy atom. The fourth-order valence-electron chi connectivity index (χ4n) is 1.19. The second kappa shape index (κ2) is 7.17. The summed E-state index contributed by atoms with van der Waals surface area (Å²) in [5.41, 5.74) is 0.000910. The van der Waals surface area contributed by atoms with Crippen molar-refractivity contribution in [2.75, 3.05) is 12.4 Å². The number of hydrogen-bond acceptors (Lipinski definition) is 3. The van der Waals surface area contributed by atoms with Crippen LogP contribution in [-0.2, 0) is 4.74 Å². The predicted octanol–water partition coefficient (Wildman–Crippen LogP) is 4.41. The molecule has 16 heavy (non-hydrogen) atoms. The Morgan fingerprint density at radius 3 is 2.12 bits per heavy atom. The molecule has 0 saturated carbocycles. The van der Waals surface area contributed by atoms with E-state index in [0.29, 0.717) is 5.25 Å². The molecule has 0 aliphatic rings. The van der Waals surface area contributed by atoms with Crippen LogP contribution in [0.1, 0.15) is 54.4 Å². The Hall–Kier alpha value is 0.660. The molecule has 3 heteroatoms. The van der Waals surface area contributed by atoms with Crippen LogP contribution in [0, 0.1) is 0 Å². The van der Waals surface area contributed by atoms with Gasteiger partial charge in [0.15, 0.2) is 0 Å². The van der Waals surface area contributed by atoms with E-state index >= 15 is 0 Å². The summed E-state index contributed by atoms with van der Waals surface area (Å²) in [7, 11) is 0. The molecule has 0 atom stereocenters. The van der Waals surface area contributed by atoms with Crippen LogP contribution in [0.5, 0.6) is 0 Å². The molecule has 0 N–H and O–H groups in total. The van der Waals surface area contributed by atoms with Gasteiger partial charge in [0.05, 0.1) is 5.60 Å². The van der Waals surface area contributed by atoms with Crippen LogP contribution in [0.2, 0.25) is 0 Å². The summed E-state index contributed by atoms with van der Waals surface area (Å²) in [5.74, 6) is 1.18. The number of thioether (sulfide) groups is 1. The van der Waals surface area contributed by atoms with Crippen LogP contribution in [0.25, 0.3) is 0 Å². The van der Waals surface area contributed by atoms with E-state index < -0.39 is 0 Å². The van der Waals surface area contributed by atoms with E-state index in [1.807, 2.05) is 11.8 Å². The summed E-state index contributed by atoms with van der Waals surface area (Å²) in [5, 5.41) is 0.715. The van der Waals surface area contributed by atoms with Gasteiger partial charge in [-0.25, -0.2) is 0 Å². The lowest BCUT2D eigenvalue weighted by Gasteiger charge is -2.27. The third-order valence-electron chi connectivity index (χ3n) is 2.36. The maximum absolute atomic E-state index is 5.93. The lowest BCUT2D eigenvalue weighted by atomic mass is 10.1. The highest BCUT2D eigenvalue weighted by Crippen LogP contribution is 2.23. The normalized spacial score (nSPS) is 13.5. The summed E-state index contributed by atoms with van der Waals surface area (Å²) < 4.78 is 6.00. The Balaban J connectivity index is 3.70. The standard InChI is InChI=1S/C13H28OS2/c1-11(2)16-10-8-12(3,4)14-9-7-13(5,6)15/h11,15H,7-10H2,1-6H3. The molecule has 0 aromatic carbocycles. The van der Waals surface area contributed by atoms with Crippen LogP contribution < -0.4 is 0 Å². The van der Waals surface area contributed by atoms with Crippen molar-refractivity contribution in [3.05, 3.63) is 0 Å². The summed E-state index contributed by atoms with van der Waals surface area (Å²) >= 11 is 6.50. The Labute approximate surface area is 112 Å². The zero-order valence-corrected chi connectivity index (χ0v) is 13.4. The molecule has 0 aliphatic heterocycles. The molecule has 0 unspecified atom stereocenters. The smallest absolute Gasteiger partial charge is 0.0634 e. The van der Waals surface area contributed by atoms with Gasteiger partial charge in [-0.05, 0) is 37.7 Å². The average Bonchev–Trinajstić information content (AvgIpc) is 1.99. The molecule has 0 bridgehead atoms. The van der Waals surface area contributed by atoms with E-state index in [1.54, 1.807) is 0 Å². The molecule has 0 spiro atoms. The first-order valence-electron chi connectivity index (χ1n) is 6.10. The lowest BCUT2D eigenvalue weighted by molar-refractivity contribution is -0.0221. The largest absolute Gasteiger partial charge is 0.375 e. The molecular formula is C13H28OS2. The van der Waals surface area contributed by atoms with Crippen molar-refractivity contribution in [1.29, 1.82) is 0 Å². The fraction of sp³-hybridized carbons (Fsp3) is 1.00. The van der Waals surface area contributed by atoms with E-state index in [2.05, 4.69) is 54.2 Å². The van der Waals surface area contributed by atoms with Crippen molar-refractivity contribution in [3.8, 4) is 0 Å². The third kappa shape index (κ3) is 11.2. The van der Waals surface area contributed by atoms with Crippen molar-refractivity contribution in [2.24, 2.45) is 0 Å². The summed E-state index contributed by atoms with van der Waals surface area (Å²) in [4.78, 5) is 0. The van der Waals surface area contributed by atoms with Gasteiger partial charge in [0.1, 0.15) is 0 Å². The number of hydrogen-bond donors (Lipinski definition) is 1. The molecule has 0 rings (SSSR count). The minimum atomic E-state index is 0.000910. The van der Waals surface area contributed by atoms with Gasteiger partial charge in [-0.1, -0.05) is 27.7 Å². The van der Waals surface area contributed by atoms with Crippen molar-refractivity contribution in [3.63, 3.8) is 0 Å². The van der Waals surface area contributed by atoms with Gasteiger partial charge in [-0.3, -0.25) is 0 Å². The minimum absolute atomic E-state index is 0.000910. The molecule has 0 heterocycles. The Bertz CT molecular complexity index is 183. The monoisotopic (exact) mass is 264 g/mol. The second-order valence-corrected chi connectivity index (χ2v) is 8.74. The zero-order valence-electron chi connectivity index (χ0n) is 11.7. The van der Waals surface area contributed by atoms with E-state index in [4.69, 9.17) is 4.74 Å². The van der Waals surface area contributed by atoms with Gasteiger partial charge in [0.2, 0.25) is 0 Å². The number of rotatable bonds is 8. The minimum Gasteiger partial charge on any atom is -0.375 e. The molecular weight excluding hydrogens is 236 g/mol. The molecule has 0 aliphatic carbocycles. The summed E-state index contributed by atoms with van der Waals surface area (Å²) in [6, 6.07) is 0. The van der Waals surface area contributed by atoms with Crippen LogP contribution in [-0.4, -0.2) is 28.0 Å². The highest BCUT2D eigenvalue weighted by Gasteiger charge is 2.20. The van der Waals surface area contributed by atoms with E-state index in [0.717, 1.165) is 19.4 Å². The molecule has 0 fully saturated rings. The lowest BCUT2D eigenvalue weighted by Crippen LogP contribution is -2.28. The Morgan fingerprint density at radius 1 is 1.12 bits per heavy atom. The van der Waals surface area contributed by atoms with Gasteiger partial charge in [0, 0.05) is 11.4 Å². The molecule has 0 aromatic heterocycles. The van der Waals surface area contributed by atoms with Crippen molar-refractivity contribution in [2.45, 2.75) is 70.0 Å². The van der Waals surface area contributed by atoms with E-state index in [-0.39, 0.29) is 10.3 Å². The van der Waals surface area contributed by atoms with Crippen molar-refractivity contribution >= 4 is 24.4 Å².